The number of unbranched alkanes of at least 4 members (excludes halogenated alkanes) is 3. The minimum absolute atomic E-state index is 1.21. The van der Waals surface area contributed by atoms with Crippen molar-refractivity contribution >= 4 is 25.3 Å². The Kier molecular flexibility index (Phi) is 10.6. The van der Waals surface area contributed by atoms with Crippen molar-refractivity contribution in [3.05, 3.63) is 0 Å². The molecule has 0 amide bonds. The molecular formula is C13H27O2Sn. The van der Waals surface area contributed by atoms with E-state index in [0.717, 1.165) is 0 Å². The van der Waals surface area contributed by atoms with Crippen LogP contribution in [0.2, 0.25) is 13.3 Å². The van der Waals surface area contributed by atoms with Gasteiger partial charge in [0, 0.05) is 0 Å². The molecule has 0 heterocycles. The third kappa shape index (κ3) is 6.77. The average molecular weight is 334 g/mol. The molecule has 0 atom stereocenters. The summed E-state index contributed by atoms with van der Waals surface area (Å²) in [7, 11) is 0. The zero-order valence-corrected chi connectivity index (χ0v) is 14.0. The summed E-state index contributed by atoms with van der Waals surface area (Å²) >= 11 is -2.58. The zero-order valence-electron chi connectivity index (χ0n) is 11.2. The Morgan fingerprint density at radius 3 is 1.50 bits per heavy atom. The van der Waals surface area contributed by atoms with Gasteiger partial charge in [0.2, 0.25) is 0 Å². The van der Waals surface area contributed by atoms with Gasteiger partial charge in [-0.2, -0.15) is 0 Å². The number of carbonyl (C=O) groups excluding carboxylic acids is 1. The third-order valence-corrected chi connectivity index (χ3v) is 15.5. The van der Waals surface area contributed by atoms with E-state index in [-0.39, 0.29) is 0 Å². The quantitative estimate of drug-likeness (QED) is 0.523. The SMILES string of the molecule is CCC[CH2][Sn]([CH2]CCC)([CH2]CCC)[O][C]=O. The first kappa shape index (κ1) is 16.3. The van der Waals surface area contributed by atoms with E-state index in [1.54, 1.807) is 6.47 Å². The molecule has 0 spiro atoms. The molecule has 0 saturated heterocycles. The van der Waals surface area contributed by atoms with Crippen molar-refractivity contribution in [3.8, 4) is 0 Å². The van der Waals surface area contributed by atoms with Crippen LogP contribution in [0.4, 0.5) is 0 Å². The van der Waals surface area contributed by atoms with Gasteiger partial charge in [0.25, 0.3) is 0 Å². The summed E-state index contributed by atoms with van der Waals surface area (Å²) in [6.07, 6.45) is 7.30. The molecular weight excluding hydrogens is 307 g/mol. The van der Waals surface area contributed by atoms with E-state index in [0.29, 0.717) is 0 Å². The van der Waals surface area contributed by atoms with E-state index in [1.807, 2.05) is 0 Å². The first-order valence-corrected chi connectivity index (χ1v) is 14.0. The molecule has 0 aromatic carbocycles. The predicted molar refractivity (Wildman–Crippen MR) is 71.7 cm³/mol. The summed E-state index contributed by atoms with van der Waals surface area (Å²) in [5.74, 6) is 0. The Hall–Kier alpha value is 0.269. The van der Waals surface area contributed by atoms with Crippen LogP contribution in [0.3, 0.4) is 0 Å². The summed E-state index contributed by atoms with van der Waals surface area (Å²) in [6.45, 7) is 8.41. The Bertz CT molecular complexity index is 150. The molecule has 0 bridgehead atoms. The van der Waals surface area contributed by atoms with Crippen LogP contribution in [0.5, 0.6) is 0 Å². The number of rotatable bonds is 11. The second kappa shape index (κ2) is 10.4. The molecule has 95 valence electrons. The van der Waals surface area contributed by atoms with Crippen LogP contribution in [0.1, 0.15) is 59.3 Å². The van der Waals surface area contributed by atoms with E-state index in [2.05, 4.69) is 20.8 Å². The van der Waals surface area contributed by atoms with Gasteiger partial charge in [-0.15, -0.1) is 0 Å². The summed E-state index contributed by atoms with van der Waals surface area (Å²) in [5.41, 5.74) is 0. The second-order valence-corrected chi connectivity index (χ2v) is 16.3. The van der Waals surface area contributed by atoms with Gasteiger partial charge in [0.15, 0.2) is 0 Å². The zero-order chi connectivity index (χ0) is 12.3. The fraction of sp³-hybridized carbons (Fsp3) is 0.923. The van der Waals surface area contributed by atoms with Crippen molar-refractivity contribution in [2.75, 3.05) is 0 Å². The summed E-state index contributed by atoms with van der Waals surface area (Å²) in [6, 6.07) is 0. The van der Waals surface area contributed by atoms with Gasteiger partial charge >= 0.3 is 106 Å². The molecule has 0 fully saturated rings. The van der Waals surface area contributed by atoms with E-state index in [9.17, 15) is 4.79 Å². The number of hydrogen-bond acceptors (Lipinski definition) is 2. The molecule has 0 unspecified atom stereocenters. The van der Waals surface area contributed by atoms with Crippen LogP contribution in [0.15, 0.2) is 0 Å². The van der Waals surface area contributed by atoms with Crippen LogP contribution in [0, 0.1) is 0 Å². The second-order valence-electron chi connectivity index (χ2n) is 4.68. The normalized spacial score (nSPS) is 11.4. The fourth-order valence-electron chi connectivity index (χ4n) is 2.11. The van der Waals surface area contributed by atoms with Gasteiger partial charge in [-0.05, 0) is 0 Å². The van der Waals surface area contributed by atoms with Gasteiger partial charge < -0.3 is 0 Å². The van der Waals surface area contributed by atoms with Gasteiger partial charge in [-0.1, -0.05) is 0 Å². The minimum atomic E-state index is -2.58. The van der Waals surface area contributed by atoms with Crippen molar-refractivity contribution in [2.24, 2.45) is 0 Å². The Labute approximate surface area is 106 Å². The van der Waals surface area contributed by atoms with E-state index < -0.39 is 18.8 Å². The van der Waals surface area contributed by atoms with Gasteiger partial charge in [-0.25, -0.2) is 0 Å². The predicted octanol–water partition coefficient (Wildman–Crippen LogP) is 4.42. The van der Waals surface area contributed by atoms with Gasteiger partial charge in [0.05, 0.1) is 0 Å². The molecule has 0 rings (SSSR count). The van der Waals surface area contributed by atoms with Crippen LogP contribution in [0.25, 0.3) is 0 Å². The molecule has 0 N–H and O–H groups in total. The first-order valence-electron chi connectivity index (χ1n) is 6.79. The van der Waals surface area contributed by atoms with Crippen molar-refractivity contribution in [2.45, 2.75) is 72.6 Å². The Balaban J connectivity index is 4.37. The van der Waals surface area contributed by atoms with Crippen molar-refractivity contribution < 1.29 is 7.87 Å². The van der Waals surface area contributed by atoms with E-state index >= 15 is 0 Å². The van der Waals surface area contributed by atoms with Gasteiger partial charge in [0.1, 0.15) is 0 Å². The molecule has 0 saturated carbocycles. The molecule has 0 aliphatic heterocycles. The number of hydrogen-bond donors (Lipinski definition) is 0. The summed E-state index contributed by atoms with van der Waals surface area (Å²) in [4.78, 5) is 10.6. The first-order chi connectivity index (χ1) is 7.74. The van der Waals surface area contributed by atoms with Crippen molar-refractivity contribution in [1.29, 1.82) is 0 Å². The molecule has 0 aromatic heterocycles. The Morgan fingerprint density at radius 1 is 0.875 bits per heavy atom. The van der Waals surface area contributed by atoms with E-state index in [1.165, 1.54) is 51.8 Å². The summed E-state index contributed by atoms with van der Waals surface area (Å²) in [5, 5.41) is 0. The molecule has 0 aliphatic carbocycles. The van der Waals surface area contributed by atoms with Crippen LogP contribution in [-0.4, -0.2) is 25.3 Å². The Morgan fingerprint density at radius 2 is 1.25 bits per heavy atom. The maximum atomic E-state index is 10.6. The van der Waals surface area contributed by atoms with Gasteiger partial charge in [-0.3, -0.25) is 0 Å². The molecule has 0 aromatic rings. The third-order valence-electron chi connectivity index (χ3n) is 3.22. The topological polar surface area (TPSA) is 26.3 Å². The molecule has 3 heteroatoms. The molecule has 2 nitrogen and oxygen atoms in total. The van der Waals surface area contributed by atoms with Crippen molar-refractivity contribution in [3.63, 3.8) is 0 Å². The molecule has 1 radical (unpaired) electrons. The fourth-order valence-corrected chi connectivity index (χ4v) is 14.2. The standard InChI is InChI=1S/3C4H9.CO2.Sn/c3*1-3-4-2;2-1-3;/h3*1,3-4H2,2H3;;/q;;;-1;+1. The van der Waals surface area contributed by atoms with E-state index in [4.69, 9.17) is 3.07 Å². The van der Waals surface area contributed by atoms with Crippen molar-refractivity contribution in [1.82, 2.24) is 0 Å². The van der Waals surface area contributed by atoms with Crippen LogP contribution in [-0.2, 0) is 7.87 Å². The summed E-state index contributed by atoms with van der Waals surface area (Å²) < 4.78 is 9.17. The molecule has 16 heavy (non-hydrogen) atoms. The van der Waals surface area contributed by atoms with Crippen LogP contribution >= 0.6 is 0 Å². The van der Waals surface area contributed by atoms with Crippen LogP contribution < -0.4 is 0 Å². The average Bonchev–Trinajstić information content (AvgIpc) is 2.31. The monoisotopic (exact) mass is 335 g/mol. The molecule has 0 aliphatic rings. The maximum absolute atomic E-state index is 10.6.